The Morgan fingerprint density at radius 3 is 2.49 bits per heavy atom. The van der Waals surface area contributed by atoms with Crippen LogP contribution in [0.3, 0.4) is 0 Å². The zero-order chi connectivity index (χ0) is 55.5. The molecule has 4 aliphatic heterocycles. The number of likely N-dealkylation sites (N-methyl/N-ethyl adjacent to an activating group) is 1. The number of esters is 1. The maximum atomic E-state index is 14.4. The van der Waals surface area contributed by atoms with Gasteiger partial charge in [0.25, 0.3) is 0 Å². The number of para-hydroxylation sites is 1. The van der Waals surface area contributed by atoms with E-state index in [0.29, 0.717) is 56.9 Å². The average Bonchev–Trinajstić information content (AvgIpc) is 3.74. The van der Waals surface area contributed by atoms with E-state index in [2.05, 4.69) is 38.1 Å². The zero-order valence-electron chi connectivity index (χ0n) is 45.7. The zero-order valence-corrected chi connectivity index (χ0v) is 46.5. The fourth-order valence-corrected chi connectivity index (χ4v) is 10.6. The number of halogens is 1. The van der Waals surface area contributed by atoms with Gasteiger partial charge in [-0.1, -0.05) is 60.0 Å². The van der Waals surface area contributed by atoms with Crippen LogP contribution >= 0.6 is 11.6 Å². The summed E-state index contributed by atoms with van der Waals surface area (Å²) in [4.78, 5) is 70.8. The van der Waals surface area contributed by atoms with Crippen LogP contribution in [0, 0.1) is 0 Å². The Hall–Kier alpha value is -5.58. The standard InChI is InChI=1S/C55H79ClN8O12/c1-35-17-16-20-44(73-10)55(71)30-46(75-52(70)60-55)54(4)34-53(3,76-54)45(29-49(68)63(8)42-26-37(25-35)27-43(72-9)50(42)56)74-51(69)36(2)62(7)48(67)21-12-11-15-23-58-31-39(33-65)59-47(66)22-24-64-40(32-61(6)57-5)28-38-18-13-14-19-41(38)64/h13-14,16-20,26-28,36,39,44-46,57-58,65,71H,11-12,15,21-25,29-34H2,1-10H3,(H,59,66)(H,60,70)/b20-16+,35-17+/t36-,39+,44+,45-,46-,53+,54?,55-/m0/s1. The van der Waals surface area contributed by atoms with Gasteiger partial charge in [-0.2, -0.15) is 0 Å². The average molecular weight is 1080 g/mol. The van der Waals surface area contributed by atoms with Crippen molar-refractivity contribution >= 4 is 58.0 Å². The van der Waals surface area contributed by atoms with Gasteiger partial charge in [-0.15, -0.1) is 0 Å². The molecular formula is C55H79ClN8O12. The molecule has 76 heavy (non-hydrogen) atoms. The number of carbonyl (C=O) groups is 5. The van der Waals surface area contributed by atoms with Gasteiger partial charge in [0.15, 0.2) is 5.72 Å². The molecule has 1 unspecified atom stereocenters. The predicted molar refractivity (Wildman–Crippen MR) is 288 cm³/mol. The smallest absolute Gasteiger partial charge is 0.409 e. The van der Waals surface area contributed by atoms with Gasteiger partial charge in [-0.3, -0.25) is 25.1 Å². The summed E-state index contributed by atoms with van der Waals surface area (Å²) in [6, 6.07) is 12.3. The van der Waals surface area contributed by atoms with Crippen molar-refractivity contribution in [1.29, 1.82) is 0 Å². The molecule has 2 aromatic carbocycles. The topological polar surface area (TPSA) is 235 Å². The second-order valence-corrected chi connectivity index (χ2v) is 21.2. The Balaban J connectivity index is 1.04. The number of benzene rings is 2. The lowest BCUT2D eigenvalue weighted by Crippen LogP contribution is -2.72. The van der Waals surface area contributed by atoms with Gasteiger partial charge in [0.2, 0.25) is 17.7 Å². The second-order valence-electron chi connectivity index (χ2n) is 20.8. The van der Waals surface area contributed by atoms with Crippen molar-refractivity contribution in [2.24, 2.45) is 0 Å². The lowest BCUT2D eigenvalue weighted by Gasteiger charge is -2.59. The molecule has 0 aliphatic carbocycles. The van der Waals surface area contributed by atoms with E-state index in [1.54, 1.807) is 52.1 Å². The summed E-state index contributed by atoms with van der Waals surface area (Å²) in [5.74, 6) is -1.30. The second kappa shape index (κ2) is 26.2. The quantitative estimate of drug-likeness (QED) is 0.0473. The first kappa shape index (κ1) is 59.7. The molecule has 4 aliphatic rings. The number of fused-ring (bicyclic) bond motifs is 7. The minimum atomic E-state index is -1.89. The van der Waals surface area contributed by atoms with Crippen molar-refractivity contribution in [3.63, 3.8) is 0 Å². The monoisotopic (exact) mass is 1080 g/mol. The first-order valence-electron chi connectivity index (χ1n) is 26.0. The molecule has 418 valence electrons. The molecule has 0 saturated carbocycles. The minimum absolute atomic E-state index is 0.122. The third-order valence-corrected chi connectivity index (χ3v) is 15.3. The molecule has 7 rings (SSSR count). The number of carbonyl (C=O) groups excluding carboxylic acids is 5. The van der Waals surface area contributed by atoms with Gasteiger partial charge < -0.3 is 58.9 Å². The number of aryl methyl sites for hydroxylation is 1. The van der Waals surface area contributed by atoms with Crippen LogP contribution in [-0.2, 0) is 57.6 Å². The molecule has 0 radical (unpaired) electrons. The molecule has 8 atom stereocenters. The van der Waals surface area contributed by atoms with E-state index in [4.69, 9.17) is 35.3 Å². The van der Waals surface area contributed by atoms with E-state index in [9.17, 15) is 34.2 Å². The largest absolute Gasteiger partial charge is 0.495 e. The molecule has 2 saturated heterocycles. The van der Waals surface area contributed by atoms with Gasteiger partial charge in [0.1, 0.15) is 46.3 Å². The van der Waals surface area contributed by atoms with E-state index in [1.807, 2.05) is 50.3 Å². The highest BCUT2D eigenvalue weighted by atomic mass is 35.5. The van der Waals surface area contributed by atoms with Crippen LogP contribution in [0.2, 0.25) is 5.02 Å². The fraction of sp³-hybridized carbons (Fsp3) is 0.582. The molecule has 2 fully saturated rings. The van der Waals surface area contributed by atoms with Crippen LogP contribution in [0.5, 0.6) is 5.75 Å². The Bertz CT molecular complexity index is 2600. The number of nitrogens with zero attached hydrogens (tertiary/aromatic N) is 4. The van der Waals surface area contributed by atoms with Gasteiger partial charge in [0, 0.05) is 78.2 Å². The van der Waals surface area contributed by atoms with Crippen LogP contribution < -0.4 is 31.0 Å². The van der Waals surface area contributed by atoms with Crippen molar-refractivity contribution in [3.05, 3.63) is 82.5 Å². The number of hydrogen-bond acceptors (Lipinski definition) is 15. The first-order valence-corrected chi connectivity index (χ1v) is 26.4. The highest BCUT2D eigenvalue weighted by Gasteiger charge is 2.63. The lowest BCUT2D eigenvalue weighted by atomic mass is 9.72. The maximum Gasteiger partial charge on any atom is 0.409 e. The van der Waals surface area contributed by atoms with Crippen LogP contribution in [0.25, 0.3) is 10.9 Å². The number of hydrogen-bond donors (Lipinski definition) is 6. The van der Waals surface area contributed by atoms with Crippen molar-refractivity contribution < 1.29 is 57.9 Å². The van der Waals surface area contributed by atoms with E-state index in [0.717, 1.165) is 34.2 Å². The number of anilines is 1. The van der Waals surface area contributed by atoms with Gasteiger partial charge in [-0.05, 0) is 95.8 Å². The summed E-state index contributed by atoms with van der Waals surface area (Å²) in [6.07, 6.45) is 3.67. The van der Waals surface area contributed by atoms with Crippen molar-refractivity contribution in [2.45, 2.75) is 146 Å². The highest BCUT2D eigenvalue weighted by Crippen LogP contribution is 2.50. The number of aliphatic hydroxyl groups is 2. The third-order valence-electron chi connectivity index (χ3n) is 14.9. The number of amides is 4. The SMILES string of the molecule is CNN(C)Cc1cc2ccccc2n1CCC(=O)N[C@@H](CO)CNCCCCCC(=O)N(C)[C@@H](C)C(=O)O[C@H]1CC(=O)N(C)c2cc(cc(OC)c2Cl)C/C(C)=C/C=C/[C@@H](OC)[C@@]2(O)C[C@H](OC(=O)N2)C2(C)C[C@@]1(C)O2. The van der Waals surface area contributed by atoms with E-state index < -0.39 is 65.3 Å². The Morgan fingerprint density at radius 2 is 1.79 bits per heavy atom. The molecule has 6 N–H and O–H groups in total. The van der Waals surface area contributed by atoms with Crippen LogP contribution in [0.1, 0.15) is 90.3 Å². The van der Waals surface area contributed by atoms with Crippen LogP contribution in [0.4, 0.5) is 10.5 Å². The molecule has 3 aromatic rings. The number of alkyl carbamates (subject to hydrolysis) is 1. The van der Waals surface area contributed by atoms with Crippen molar-refractivity contribution in [3.8, 4) is 5.75 Å². The summed E-state index contributed by atoms with van der Waals surface area (Å²) in [7, 11) is 9.82. The number of aliphatic hydroxyl groups excluding tert-OH is 1. The number of ether oxygens (including phenoxy) is 5. The molecular weight excluding hydrogens is 1000 g/mol. The fourth-order valence-electron chi connectivity index (χ4n) is 10.3. The van der Waals surface area contributed by atoms with Gasteiger partial charge in [-0.25, -0.2) is 14.6 Å². The van der Waals surface area contributed by atoms with Crippen molar-refractivity contribution in [1.82, 2.24) is 35.9 Å². The number of rotatable bonds is 21. The Labute approximate surface area is 451 Å². The molecule has 21 heteroatoms. The summed E-state index contributed by atoms with van der Waals surface area (Å²) in [5, 5.41) is 34.0. The number of aromatic nitrogens is 1. The normalized spacial score (nSPS) is 25.8. The van der Waals surface area contributed by atoms with Crippen LogP contribution in [0.15, 0.2) is 66.3 Å². The predicted octanol–water partition coefficient (Wildman–Crippen LogP) is 4.90. The number of nitrogens with one attached hydrogen (secondary N) is 4. The number of hydrazine groups is 1. The maximum absolute atomic E-state index is 14.4. The molecule has 1 aromatic heterocycles. The van der Waals surface area contributed by atoms with E-state index >= 15 is 0 Å². The molecule has 6 bridgehead atoms. The van der Waals surface area contributed by atoms with Gasteiger partial charge >= 0.3 is 12.1 Å². The first-order chi connectivity index (χ1) is 36.1. The van der Waals surface area contributed by atoms with Crippen LogP contribution in [-0.4, -0.2) is 164 Å². The third kappa shape index (κ3) is 14.5. The molecule has 5 heterocycles. The van der Waals surface area contributed by atoms with E-state index in [-0.39, 0.29) is 55.5 Å². The number of allylic oxidation sites excluding steroid dienone is 3. The summed E-state index contributed by atoms with van der Waals surface area (Å²) < 4.78 is 32.0. The Kier molecular flexibility index (Phi) is 20.5. The molecule has 4 amide bonds. The lowest BCUT2D eigenvalue weighted by molar-refractivity contribution is -0.328. The highest BCUT2D eigenvalue weighted by molar-refractivity contribution is 6.35. The van der Waals surface area contributed by atoms with E-state index in [1.165, 1.54) is 31.1 Å². The summed E-state index contributed by atoms with van der Waals surface area (Å²) >= 11 is 6.83. The number of methoxy groups -OCH3 is 2. The summed E-state index contributed by atoms with van der Waals surface area (Å²) in [6.45, 7) is 8.78. The molecule has 20 nitrogen and oxygen atoms in total. The summed E-state index contributed by atoms with van der Waals surface area (Å²) in [5.41, 5.74) is 2.95. The molecule has 0 spiro atoms. The Morgan fingerprint density at radius 1 is 1.05 bits per heavy atom. The minimum Gasteiger partial charge on any atom is -0.495 e. The number of unbranched alkanes of at least 4 members (excludes halogenated alkanes) is 2. The van der Waals surface area contributed by atoms with Gasteiger partial charge in [0.05, 0.1) is 38.4 Å². The van der Waals surface area contributed by atoms with Crippen molar-refractivity contribution in [2.75, 3.05) is 67.0 Å².